The summed E-state index contributed by atoms with van der Waals surface area (Å²) in [5, 5.41) is 0. The van der Waals surface area contributed by atoms with Gasteiger partial charge in [0.05, 0.1) is 31.4 Å². The predicted molar refractivity (Wildman–Crippen MR) is 132 cm³/mol. The van der Waals surface area contributed by atoms with Gasteiger partial charge in [0, 0.05) is 13.2 Å². The van der Waals surface area contributed by atoms with E-state index >= 15 is 0 Å². The Kier molecular flexibility index (Phi) is 19.6. The van der Waals surface area contributed by atoms with Crippen molar-refractivity contribution in [2.24, 2.45) is 0 Å². The number of nitrogens with zero attached hydrogens (tertiary/aromatic N) is 2. The largest absolute Gasteiger partial charge is 0.468 e. The Morgan fingerprint density at radius 3 is 2.28 bits per heavy atom. The summed E-state index contributed by atoms with van der Waals surface area (Å²) in [6.07, 6.45) is 30.1. The number of imidazole rings is 1. The summed E-state index contributed by atoms with van der Waals surface area (Å²) in [4.78, 5) is 14.3. The number of carbonyl (C=O) groups is 1. The van der Waals surface area contributed by atoms with Gasteiger partial charge < -0.3 is 14.0 Å². The van der Waals surface area contributed by atoms with Crippen molar-refractivity contribution in [3.63, 3.8) is 0 Å². The van der Waals surface area contributed by atoms with Gasteiger partial charge in [-0.25, -0.2) is 4.98 Å². The Labute approximate surface area is 196 Å². The van der Waals surface area contributed by atoms with Crippen molar-refractivity contribution in [1.82, 2.24) is 9.55 Å². The number of ether oxygens (including phenoxy) is 2. The molecular formula is C27H46N2O3. The van der Waals surface area contributed by atoms with Crippen molar-refractivity contribution in [1.29, 1.82) is 0 Å². The minimum absolute atomic E-state index is 0.471. The molecule has 0 aliphatic rings. The molecule has 1 heterocycles. The second-order valence-electron chi connectivity index (χ2n) is 8.39. The molecule has 0 amide bonds. The van der Waals surface area contributed by atoms with Gasteiger partial charge in [0.2, 0.25) is 0 Å². The van der Waals surface area contributed by atoms with Crippen LogP contribution in [0.5, 0.6) is 0 Å². The molecule has 0 unspecified atom stereocenters. The first-order valence-electron chi connectivity index (χ1n) is 12.8. The van der Waals surface area contributed by atoms with Crippen LogP contribution in [0.4, 0.5) is 0 Å². The lowest BCUT2D eigenvalue weighted by atomic mass is 10.1. The SMILES string of the molecule is CCCCC/C=C\C/C=C\CCCCCCCCn1cncc1COCCCCOC=O. The fourth-order valence-electron chi connectivity index (χ4n) is 3.55. The molecule has 0 saturated carbocycles. The van der Waals surface area contributed by atoms with Crippen LogP contribution in [0.1, 0.15) is 103 Å². The van der Waals surface area contributed by atoms with Crippen LogP contribution in [0.15, 0.2) is 36.8 Å². The Hall–Kier alpha value is -1.88. The van der Waals surface area contributed by atoms with Crippen LogP contribution in [-0.2, 0) is 27.4 Å². The molecule has 182 valence electrons. The van der Waals surface area contributed by atoms with Gasteiger partial charge in [-0.2, -0.15) is 0 Å². The predicted octanol–water partition coefficient (Wildman–Crippen LogP) is 7.17. The molecule has 1 rings (SSSR count). The second-order valence-corrected chi connectivity index (χ2v) is 8.39. The van der Waals surface area contributed by atoms with Gasteiger partial charge in [-0.1, -0.05) is 69.8 Å². The molecule has 32 heavy (non-hydrogen) atoms. The number of aryl methyl sites for hydroxylation is 1. The summed E-state index contributed by atoms with van der Waals surface area (Å²) in [6.45, 7) is 5.50. The summed E-state index contributed by atoms with van der Waals surface area (Å²) in [6, 6.07) is 0. The average molecular weight is 447 g/mol. The van der Waals surface area contributed by atoms with E-state index in [9.17, 15) is 4.79 Å². The fourth-order valence-corrected chi connectivity index (χ4v) is 3.55. The van der Waals surface area contributed by atoms with Crippen molar-refractivity contribution >= 4 is 6.47 Å². The molecular weight excluding hydrogens is 400 g/mol. The van der Waals surface area contributed by atoms with Gasteiger partial charge in [0.1, 0.15) is 0 Å². The number of aromatic nitrogens is 2. The van der Waals surface area contributed by atoms with E-state index in [-0.39, 0.29) is 0 Å². The molecule has 0 radical (unpaired) electrons. The van der Waals surface area contributed by atoms with Crippen molar-refractivity contribution in [2.75, 3.05) is 13.2 Å². The smallest absolute Gasteiger partial charge is 0.293 e. The highest BCUT2D eigenvalue weighted by atomic mass is 16.5. The second kappa shape index (κ2) is 22.3. The Bertz CT molecular complexity index is 595. The van der Waals surface area contributed by atoms with Crippen LogP contribution in [0, 0.1) is 0 Å². The van der Waals surface area contributed by atoms with Crippen LogP contribution < -0.4 is 0 Å². The zero-order valence-corrected chi connectivity index (χ0v) is 20.4. The minimum atomic E-state index is 0.471. The highest BCUT2D eigenvalue weighted by Crippen LogP contribution is 2.10. The summed E-state index contributed by atoms with van der Waals surface area (Å²) in [5.74, 6) is 0. The van der Waals surface area contributed by atoms with E-state index in [4.69, 9.17) is 4.74 Å². The number of hydrogen-bond acceptors (Lipinski definition) is 4. The third-order valence-electron chi connectivity index (χ3n) is 5.52. The summed E-state index contributed by atoms with van der Waals surface area (Å²) < 4.78 is 12.6. The fraction of sp³-hybridized carbons (Fsp3) is 0.704. The van der Waals surface area contributed by atoms with E-state index in [1.54, 1.807) is 0 Å². The van der Waals surface area contributed by atoms with Crippen LogP contribution in [0.3, 0.4) is 0 Å². The summed E-state index contributed by atoms with van der Waals surface area (Å²) >= 11 is 0. The van der Waals surface area contributed by atoms with Crippen molar-refractivity contribution in [3.8, 4) is 0 Å². The highest BCUT2D eigenvalue weighted by Gasteiger charge is 2.02. The third-order valence-corrected chi connectivity index (χ3v) is 5.52. The normalized spacial score (nSPS) is 11.7. The Morgan fingerprint density at radius 1 is 0.844 bits per heavy atom. The lowest BCUT2D eigenvalue weighted by Crippen LogP contribution is -2.05. The molecule has 0 spiro atoms. The number of allylic oxidation sites excluding steroid dienone is 4. The van der Waals surface area contributed by atoms with Gasteiger partial charge in [0.25, 0.3) is 6.47 Å². The zero-order valence-electron chi connectivity index (χ0n) is 20.4. The molecule has 0 aromatic carbocycles. The van der Waals surface area contributed by atoms with Gasteiger partial charge in [-0.3, -0.25) is 4.79 Å². The maximum Gasteiger partial charge on any atom is 0.293 e. The molecule has 0 aliphatic carbocycles. The van der Waals surface area contributed by atoms with E-state index in [0.717, 1.165) is 31.5 Å². The number of unbranched alkanes of at least 4 members (excludes halogenated alkanes) is 10. The topological polar surface area (TPSA) is 53.4 Å². The van der Waals surface area contributed by atoms with E-state index < -0.39 is 0 Å². The lowest BCUT2D eigenvalue weighted by Gasteiger charge is -2.09. The average Bonchev–Trinajstić information content (AvgIpc) is 3.25. The van der Waals surface area contributed by atoms with Crippen LogP contribution >= 0.6 is 0 Å². The molecule has 1 aromatic rings. The first-order chi connectivity index (χ1) is 15.9. The van der Waals surface area contributed by atoms with E-state index in [2.05, 4.69) is 45.5 Å². The van der Waals surface area contributed by atoms with E-state index in [1.165, 1.54) is 70.6 Å². The number of hydrogen-bond donors (Lipinski definition) is 0. The van der Waals surface area contributed by atoms with Crippen molar-refractivity contribution < 1.29 is 14.3 Å². The molecule has 0 saturated heterocycles. The van der Waals surface area contributed by atoms with Crippen molar-refractivity contribution in [3.05, 3.63) is 42.5 Å². The summed E-state index contributed by atoms with van der Waals surface area (Å²) in [7, 11) is 0. The summed E-state index contributed by atoms with van der Waals surface area (Å²) in [5.41, 5.74) is 1.14. The quantitative estimate of drug-likeness (QED) is 0.102. The van der Waals surface area contributed by atoms with E-state index in [1.807, 2.05) is 12.5 Å². The molecule has 0 bridgehead atoms. The first kappa shape index (κ1) is 28.2. The van der Waals surface area contributed by atoms with Gasteiger partial charge in [-0.05, 0) is 51.4 Å². The first-order valence-corrected chi connectivity index (χ1v) is 12.8. The Balaban J connectivity index is 1.93. The lowest BCUT2D eigenvalue weighted by molar-refractivity contribution is -0.128. The zero-order chi connectivity index (χ0) is 23.0. The monoisotopic (exact) mass is 446 g/mol. The third kappa shape index (κ3) is 16.8. The molecule has 5 heteroatoms. The van der Waals surface area contributed by atoms with Gasteiger partial charge >= 0.3 is 0 Å². The van der Waals surface area contributed by atoms with Crippen molar-refractivity contribution in [2.45, 2.75) is 110 Å². The number of carbonyl (C=O) groups excluding carboxylic acids is 1. The minimum Gasteiger partial charge on any atom is -0.468 e. The van der Waals surface area contributed by atoms with Crippen LogP contribution in [0.25, 0.3) is 0 Å². The highest BCUT2D eigenvalue weighted by molar-refractivity contribution is 5.36. The van der Waals surface area contributed by atoms with Gasteiger partial charge in [0.15, 0.2) is 0 Å². The molecule has 0 fully saturated rings. The maximum absolute atomic E-state index is 10.1. The molecule has 1 aromatic heterocycles. The van der Waals surface area contributed by atoms with Gasteiger partial charge in [-0.15, -0.1) is 0 Å². The van der Waals surface area contributed by atoms with Crippen LogP contribution in [0.2, 0.25) is 0 Å². The molecule has 5 nitrogen and oxygen atoms in total. The standard InChI is InChI=1S/C27H46N2O3/c1-2-3-4-5-6-7-8-9-10-11-12-13-14-15-16-17-20-29-25-28-23-27(29)24-31-21-18-19-22-32-26-30/h6-7,9-10,23,25-26H,2-5,8,11-22,24H2,1H3/b7-6-,10-9-. The molecule has 0 aliphatic heterocycles. The van der Waals surface area contributed by atoms with Crippen LogP contribution in [-0.4, -0.2) is 29.2 Å². The Morgan fingerprint density at radius 2 is 1.53 bits per heavy atom. The molecule has 0 N–H and O–H groups in total. The maximum atomic E-state index is 10.1. The molecule has 0 atom stereocenters. The number of rotatable bonds is 23. The van der Waals surface area contributed by atoms with E-state index in [0.29, 0.717) is 26.3 Å².